The van der Waals surface area contributed by atoms with E-state index in [1.54, 1.807) is 18.2 Å². The maximum absolute atomic E-state index is 11.8. The minimum Gasteiger partial charge on any atom is -0.327 e. The molecule has 0 amide bonds. The molecule has 90 valence electrons. The fraction of sp³-hybridized carbons (Fsp3) is 0.250. The van der Waals surface area contributed by atoms with E-state index in [1.807, 2.05) is 0 Å². The molecule has 1 heterocycles. The number of rotatable bonds is 5. The average Bonchev–Trinajstić information content (AvgIpc) is 2.53. The molecular formula is C8H10Br2N2O2S2. The molecule has 0 aliphatic heterocycles. The van der Waals surface area contributed by atoms with Crippen LogP contribution in [0, 0.1) is 0 Å². The zero-order valence-electron chi connectivity index (χ0n) is 8.11. The van der Waals surface area contributed by atoms with Crippen molar-refractivity contribution in [1.82, 2.24) is 4.72 Å². The predicted molar refractivity (Wildman–Crippen MR) is 73.1 cm³/mol. The molecule has 0 saturated heterocycles. The molecule has 3 N–H and O–H groups in total. The van der Waals surface area contributed by atoms with Crippen molar-refractivity contribution in [2.75, 3.05) is 13.1 Å². The lowest BCUT2D eigenvalue weighted by Gasteiger charge is -2.02. The molecule has 1 aromatic heterocycles. The Bertz CT molecular complexity index is 482. The van der Waals surface area contributed by atoms with Gasteiger partial charge in [-0.25, -0.2) is 13.1 Å². The van der Waals surface area contributed by atoms with Gasteiger partial charge in [-0.1, -0.05) is 12.2 Å². The third kappa shape index (κ3) is 3.94. The van der Waals surface area contributed by atoms with Crippen LogP contribution >= 0.6 is 43.2 Å². The Labute approximate surface area is 115 Å². The second-order valence-electron chi connectivity index (χ2n) is 2.75. The number of hydrogen-bond acceptors (Lipinski definition) is 4. The molecule has 0 unspecified atom stereocenters. The van der Waals surface area contributed by atoms with Crippen LogP contribution < -0.4 is 10.5 Å². The molecule has 16 heavy (non-hydrogen) atoms. The van der Waals surface area contributed by atoms with E-state index < -0.39 is 10.0 Å². The van der Waals surface area contributed by atoms with Crippen LogP contribution in [0.25, 0.3) is 0 Å². The zero-order chi connectivity index (χ0) is 12.2. The number of thiophene rings is 1. The lowest BCUT2D eigenvalue weighted by atomic mass is 10.5. The van der Waals surface area contributed by atoms with Gasteiger partial charge in [-0.05, 0) is 37.9 Å². The Balaban J connectivity index is 2.78. The Morgan fingerprint density at radius 3 is 2.62 bits per heavy atom. The SMILES string of the molecule is NC/C=C/CNS(=O)(=O)c1cc(Br)sc1Br. The molecule has 4 nitrogen and oxygen atoms in total. The highest BCUT2D eigenvalue weighted by Gasteiger charge is 2.19. The van der Waals surface area contributed by atoms with Gasteiger partial charge < -0.3 is 5.73 Å². The molecule has 0 saturated carbocycles. The molecule has 0 spiro atoms. The molecule has 1 aromatic rings. The van der Waals surface area contributed by atoms with E-state index in [0.717, 1.165) is 3.79 Å². The third-order valence-corrected chi connectivity index (χ3v) is 5.79. The Kier molecular flexibility index (Phi) is 5.62. The van der Waals surface area contributed by atoms with E-state index in [4.69, 9.17) is 5.73 Å². The van der Waals surface area contributed by atoms with Gasteiger partial charge >= 0.3 is 0 Å². The smallest absolute Gasteiger partial charge is 0.242 e. The first-order valence-electron chi connectivity index (χ1n) is 4.27. The van der Waals surface area contributed by atoms with Crippen LogP contribution in [-0.2, 0) is 10.0 Å². The van der Waals surface area contributed by atoms with Crippen molar-refractivity contribution < 1.29 is 8.42 Å². The van der Waals surface area contributed by atoms with Crippen LogP contribution in [0.3, 0.4) is 0 Å². The first-order chi connectivity index (χ1) is 7.47. The van der Waals surface area contributed by atoms with Crippen molar-refractivity contribution in [3.63, 3.8) is 0 Å². The largest absolute Gasteiger partial charge is 0.327 e. The summed E-state index contributed by atoms with van der Waals surface area (Å²) in [5.41, 5.74) is 5.24. The van der Waals surface area contributed by atoms with E-state index in [0.29, 0.717) is 10.3 Å². The van der Waals surface area contributed by atoms with Gasteiger partial charge in [0.15, 0.2) is 0 Å². The van der Waals surface area contributed by atoms with E-state index in [2.05, 4.69) is 36.6 Å². The molecule has 0 aliphatic rings. The average molecular weight is 390 g/mol. The number of halogens is 2. The van der Waals surface area contributed by atoms with Crippen molar-refractivity contribution in [3.05, 3.63) is 25.8 Å². The van der Waals surface area contributed by atoms with E-state index in [9.17, 15) is 8.42 Å². The summed E-state index contributed by atoms with van der Waals surface area (Å²) in [7, 11) is -3.46. The number of sulfonamides is 1. The standard InChI is InChI=1S/C8H10Br2N2O2S2/c9-7-5-6(8(10)15-7)16(13,14)12-4-2-1-3-11/h1-2,5,12H,3-4,11H2/b2-1+. The maximum atomic E-state index is 11.8. The van der Waals surface area contributed by atoms with Gasteiger partial charge in [0.05, 0.1) is 7.57 Å². The van der Waals surface area contributed by atoms with Crippen LogP contribution in [0.4, 0.5) is 0 Å². The zero-order valence-corrected chi connectivity index (χ0v) is 12.9. The van der Waals surface area contributed by atoms with Crippen molar-refractivity contribution >= 4 is 53.2 Å². The fourth-order valence-electron chi connectivity index (χ4n) is 0.924. The molecule has 8 heteroatoms. The number of nitrogens with two attached hydrogens (primary N) is 1. The Morgan fingerprint density at radius 2 is 2.12 bits per heavy atom. The molecule has 0 bridgehead atoms. The summed E-state index contributed by atoms with van der Waals surface area (Å²) >= 11 is 7.76. The summed E-state index contributed by atoms with van der Waals surface area (Å²) in [5.74, 6) is 0. The molecule has 0 atom stereocenters. The van der Waals surface area contributed by atoms with Crippen LogP contribution in [-0.4, -0.2) is 21.5 Å². The van der Waals surface area contributed by atoms with Gasteiger partial charge in [-0.15, -0.1) is 11.3 Å². The van der Waals surface area contributed by atoms with Crippen molar-refractivity contribution in [2.24, 2.45) is 5.73 Å². The molecule has 1 rings (SSSR count). The quantitative estimate of drug-likeness (QED) is 0.757. The van der Waals surface area contributed by atoms with E-state index in [-0.39, 0.29) is 11.4 Å². The van der Waals surface area contributed by atoms with E-state index in [1.165, 1.54) is 11.3 Å². The summed E-state index contributed by atoms with van der Waals surface area (Å²) in [6.45, 7) is 0.634. The molecule has 0 radical (unpaired) electrons. The van der Waals surface area contributed by atoms with Gasteiger partial charge in [0.1, 0.15) is 4.90 Å². The van der Waals surface area contributed by atoms with Crippen LogP contribution in [0.2, 0.25) is 0 Å². The second kappa shape index (κ2) is 6.27. The second-order valence-corrected chi connectivity index (χ2v) is 8.23. The van der Waals surface area contributed by atoms with Gasteiger partial charge in [0.25, 0.3) is 0 Å². The van der Waals surface area contributed by atoms with Crippen molar-refractivity contribution in [3.8, 4) is 0 Å². The lowest BCUT2D eigenvalue weighted by Crippen LogP contribution is -2.23. The summed E-state index contributed by atoms with van der Waals surface area (Å²) in [5, 5.41) is 0. The summed E-state index contributed by atoms with van der Waals surface area (Å²) in [6.07, 6.45) is 3.37. The van der Waals surface area contributed by atoms with Gasteiger partial charge in [-0.2, -0.15) is 0 Å². The highest BCUT2D eigenvalue weighted by atomic mass is 79.9. The minimum absolute atomic E-state index is 0.236. The number of nitrogens with one attached hydrogen (secondary N) is 1. The predicted octanol–water partition coefficient (Wildman–Crippen LogP) is 2.07. The van der Waals surface area contributed by atoms with Crippen molar-refractivity contribution in [2.45, 2.75) is 4.90 Å². The molecular weight excluding hydrogens is 380 g/mol. The molecule has 0 aliphatic carbocycles. The fourth-order valence-corrected chi connectivity index (χ4v) is 5.71. The summed E-state index contributed by atoms with van der Waals surface area (Å²) in [6, 6.07) is 1.56. The minimum atomic E-state index is -3.46. The Hall–Kier alpha value is 0.270. The van der Waals surface area contributed by atoms with Gasteiger partial charge in [0.2, 0.25) is 10.0 Å². The Morgan fingerprint density at radius 1 is 1.44 bits per heavy atom. The van der Waals surface area contributed by atoms with Crippen molar-refractivity contribution in [1.29, 1.82) is 0 Å². The highest BCUT2D eigenvalue weighted by Crippen LogP contribution is 2.34. The monoisotopic (exact) mass is 388 g/mol. The van der Waals surface area contributed by atoms with Crippen LogP contribution in [0.15, 0.2) is 30.7 Å². The van der Waals surface area contributed by atoms with Gasteiger partial charge in [0, 0.05) is 13.1 Å². The normalized spacial score (nSPS) is 12.4. The number of hydrogen-bond donors (Lipinski definition) is 2. The third-order valence-electron chi connectivity index (χ3n) is 1.61. The highest BCUT2D eigenvalue weighted by molar-refractivity contribution is 9.12. The first-order valence-corrected chi connectivity index (χ1v) is 8.15. The summed E-state index contributed by atoms with van der Waals surface area (Å²) < 4.78 is 27.4. The van der Waals surface area contributed by atoms with Crippen LogP contribution in [0.1, 0.15) is 0 Å². The maximum Gasteiger partial charge on any atom is 0.242 e. The topological polar surface area (TPSA) is 72.2 Å². The van der Waals surface area contributed by atoms with E-state index >= 15 is 0 Å². The lowest BCUT2D eigenvalue weighted by molar-refractivity contribution is 0.585. The molecule has 0 aromatic carbocycles. The first kappa shape index (κ1) is 14.3. The van der Waals surface area contributed by atoms with Crippen LogP contribution in [0.5, 0.6) is 0 Å². The summed E-state index contributed by atoms with van der Waals surface area (Å²) in [4.78, 5) is 0.241. The van der Waals surface area contributed by atoms with Gasteiger partial charge in [-0.3, -0.25) is 0 Å². The molecule has 0 fully saturated rings.